The summed E-state index contributed by atoms with van der Waals surface area (Å²) in [6.45, 7) is 0. The summed E-state index contributed by atoms with van der Waals surface area (Å²) in [5, 5.41) is 10.9. The van der Waals surface area contributed by atoms with E-state index >= 15 is 0 Å². The van der Waals surface area contributed by atoms with E-state index in [-0.39, 0.29) is 6.04 Å². The predicted molar refractivity (Wildman–Crippen MR) is 218 cm³/mol. The van der Waals surface area contributed by atoms with Gasteiger partial charge in [0, 0.05) is 31.7 Å². The second-order valence-corrected chi connectivity index (χ2v) is 14.7. The summed E-state index contributed by atoms with van der Waals surface area (Å²) in [4.78, 5) is 7.97. The standard InChI is InChI=1S/C48H30N2OS/c1-2-9-29(10-3-1)32-19-20-35-27-37(22-21-33(35)26-32)45-47-46(39-13-6-7-16-43(39)52-47)50-48(49-45)40-14-8-15-41-44(40)38-24-23-36(28-42(38)51-41)34-18-17-30-11-4-5-12-31(30)25-34/h1-28,46H,(H,49,50). The van der Waals surface area contributed by atoms with Gasteiger partial charge in [-0.3, -0.25) is 0 Å². The molecule has 0 spiro atoms. The van der Waals surface area contributed by atoms with Crippen LogP contribution in [-0.4, -0.2) is 5.84 Å². The highest BCUT2D eigenvalue weighted by molar-refractivity contribution is 8.03. The van der Waals surface area contributed by atoms with Crippen molar-refractivity contribution in [2.45, 2.75) is 10.9 Å². The van der Waals surface area contributed by atoms with Gasteiger partial charge in [-0.15, -0.1) is 0 Å². The van der Waals surface area contributed by atoms with Gasteiger partial charge in [-0.25, -0.2) is 4.99 Å². The highest BCUT2D eigenvalue weighted by Crippen LogP contribution is 2.52. The topological polar surface area (TPSA) is 37.5 Å². The van der Waals surface area contributed by atoms with Crippen LogP contribution >= 0.6 is 11.8 Å². The molecule has 1 N–H and O–H groups in total. The van der Waals surface area contributed by atoms with Gasteiger partial charge in [0.25, 0.3) is 0 Å². The quantitative estimate of drug-likeness (QED) is 0.201. The number of fused-ring (bicyclic) bond motifs is 8. The summed E-state index contributed by atoms with van der Waals surface area (Å²) in [5.74, 6) is 0.854. The molecule has 52 heavy (non-hydrogen) atoms. The second-order valence-electron chi connectivity index (χ2n) is 13.6. The third-order valence-electron chi connectivity index (χ3n) is 10.5. The zero-order valence-corrected chi connectivity index (χ0v) is 28.8. The minimum Gasteiger partial charge on any atom is -0.456 e. The average molecular weight is 683 g/mol. The van der Waals surface area contributed by atoms with Crippen molar-refractivity contribution in [2.24, 2.45) is 4.99 Å². The Bertz CT molecular complexity index is 2970. The fraction of sp³-hybridized carbons (Fsp3) is 0.0208. The molecule has 8 aromatic carbocycles. The molecule has 9 aromatic rings. The summed E-state index contributed by atoms with van der Waals surface area (Å²) in [6, 6.07) is 60.8. The SMILES string of the molecule is c1ccc(-c2ccc3cc(C4=C5Sc6ccccc6C5NC(c5cccc6oc7cc(-c8ccc9ccccc9c8)ccc7c56)=N4)ccc3c2)cc1. The number of benzene rings is 8. The van der Waals surface area contributed by atoms with Crippen LogP contribution < -0.4 is 5.32 Å². The Morgan fingerprint density at radius 1 is 0.500 bits per heavy atom. The molecule has 0 saturated heterocycles. The van der Waals surface area contributed by atoms with E-state index in [2.05, 4.69) is 175 Å². The molecule has 1 aromatic heterocycles. The molecule has 0 bridgehead atoms. The van der Waals surface area contributed by atoms with E-state index in [4.69, 9.17) is 9.41 Å². The molecule has 0 saturated carbocycles. The molecule has 0 fully saturated rings. The molecule has 244 valence electrons. The molecular weight excluding hydrogens is 653 g/mol. The lowest BCUT2D eigenvalue weighted by Gasteiger charge is -2.26. The van der Waals surface area contributed by atoms with Gasteiger partial charge < -0.3 is 9.73 Å². The highest BCUT2D eigenvalue weighted by Gasteiger charge is 2.35. The van der Waals surface area contributed by atoms with Gasteiger partial charge in [-0.1, -0.05) is 139 Å². The number of amidine groups is 1. The van der Waals surface area contributed by atoms with E-state index in [1.165, 1.54) is 53.6 Å². The third-order valence-corrected chi connectivity index (χ3v) is 11.7. The minimum atomic E-state index is 0.00720. The van der Waals surface area contributed by atoms with Crippen LogP contribution in [0.3, 0.4) is 0 Å². The monoisotopic (exact) mass is 682 g/mol. The first-order valence-corrected chi connectivity index (χ1v) is 18.5. The molecular formula is C48H30N2OS. The van der Waals surface area contributed by atoms with Crippen molar-refractivity contribution in [3.05, 3.63) is 191 Å². The van der Waals surface area contributed by atoms with Gasteiger partial charge in [0.15, 0.2) is 0 Å². The number of hydrogen-bond donors (Lipinski definition) is 1. The molecule has 4 heteroatoms. The van der Waals surface area contributed by atoms with Crippen LogP contribution in [0.15, 0.2) is 189 Å². The van der Waals surface area contributed by atoms with E-state index in [0.717, 1.165) is 50.2 Å². The fourth-order valence-electron chi connectivity index (χ4n) is 7.91. The van der Waals surface area contributed by atoms with E-state index in [0.29, 0.717) is 0 Å². The van der Waals surface area contributed by atoms with E-state index in [9.17, 15) is 0 Å². The van der Waals surface area contributed by atoms with E-state index in [1.807, 2.05) is 11.8 Å². The lowest BCUT2D eigenvalue weighted by atomic mass is 9.96. The lowest BCUT2D eigenvalue weighted by Crippen LogP contribution is -2.32. The zero-order chi connectivity index (χ0) is 34.2. The number of rotatable bonds is 4. The normalized spacial score (nSPS) is 15.2. The van der Waals surface area contributed by atoms with Gasteiger partial charge in [0.2, 0.25) is 0 Å². The molecule has 1 atom stereocenters. The number of furan rings is 1. The molecule has 1 unspecified atom stereocenters. The Hall–Kier alpha value is -6.36. The van der Waals surface area contributed by atoms with Crippen molar-refractivity contribution in [3.63, 3.8) is 0 Å². The number of nitrogens with one attached hydrogen (secondary N) is 1. The number of aliphatic imine (C=N–C) groups is 1. The molecule has 2 aliphatic heterocycles. The Kier molecular flexibility index (Phi) is 6.55. The maximum atomic E-state index is 6.58. The van der Waals surface area contributed by atoms with Crippen LogP contribution in [0.4, 0.5) is 0 Å². The van der Waals surface area contributed by atoms with Crippen LogP contribution in [0.1, 0.15) is 22.7 Å². The average Bonchev–Trinajstić information content (AvgIpc) is 3.78. The second kappa shape index (κ2) is 11.6. The van der Waals surface area contributed by atoms with Crippen molar-refractivity contribution < 1.29 is 4.42 Å². The predicted octanol–water partition coefficient (Wildman–Crippen LogP) is 12.8. The molecule has 0 amide bonds. The van der Waals surface area contributed by atoms with Crippen molar-refractivity contribution in [1.82, 2.24) is 5.32 Å². The third kappa shape index (κ3) is 4.72. The van der Waals surface area contributed by atoms with Gasteiger partial charge in [-0.05, 0) is 91.8 Å². The van der Waals surface area contributed by atoms with E-state index in [1.54, 1.807) is 0 Å². The summed E-state index contributed by atoms with van der Waals surface area (Å²) >= 11 is 1.82. The maximum absolute atomic E-state index is 6.58. The van der Waals surface area contributed by atoms with Gasteiger partial charge in [0.05, 0.1) is 11.7 Å². The van der Waals surface area contributed by atoms with Gasteiger partial charge in [0.1, 0.15) is 17.0 Å². The minimum absolute atomic E-state index is 0.00720. The smallest absolute Gasteiger partial charge is 0.136 e. The van der Waals surface area contributed by atoms with Crippen LogP contribution in [0, 0.1) is 0 Å². The molecule has 3 heterocycles. The van der Waals surface area contributed by atoms with E-state index < -0.39 is 0 Å². The fourth-order valence-corrected chi connectivity index (χ4v) is 9.17. The lowest BCUT2D eigenvalue weighted by molar-refractivity contribution is 0.669. The Morgan fingerprint density at radius 2 is 1.15 bits per heavy atom. The summed E-state index contributed by atoms with van der Waals surface area (Å²) in [6.07, 6.45) is 0. The number of nitrogens with zero attached hydrogens (tertiary/aromatic N) is 1. The van der Waals surface area contributed by atoms with Crippen molar-refractivity contribution in [1.29, 1.82) is 0 Å². The molecule has 0 radical (unpaired) electrons. The summed E-state index contributed by atoms with van der Waals surface area (Å²) in [5.41, 5.74) is 10.9. The van der Waals surface area contributed by atoms with Crippen LogP contribution in [0.25, 0.3) is 71.4 Å². The molecule has 0 aliphatic carbocycles. The highest BCUT2D eigenvalue weighted by atomic mass is 32.2. The number of thioether (sulfide) groups is 1. The van der Waals surface area contributed by atoms with Crippen LogP contribution in [0.2, 0.25) is 0 Å². The summed E-state index contributed by atoms with van der Waals surface area (Å²) < 4.78 is 6.58. The summed E-state index contributed by atoms with van der Waals surface area (Å²) in [7, 11) is 0. The Balaban J connectivity index is 1.04. The largest absolute Gasteiger partial charge is 0.456 e. The first-order valence-electron chi connectivity index (χ1n) is 17.6. The Morgan fingerprint density at radius 3 is 2.02 bits per heavy atom. The first-order chi connectivity index (χ1) is 25.7. The molecule has 11 rings (SSSR count). The van der Waals surface area contributed by atoms with Crippen molar-refractivity contribution in [2.75, 3.05) is 0 Å². The van der Waals surface area contributed by atoms with Crippen LogP contribution in [-0.2, 0) is 0 Å². The first kappa shape index (κ1) is 29.4. The Labute approximate surface area is 305 Å². The van der Waals surface area contributed by atoms with Crippen molar-refractivity contribution in [3.8, 4) is 22.3 Å². The maximum Gasteiger partial charge on any atom is 0.136 e. The molecule has 3 nitrogen and oxygen atoms in total. The zero-order valence-electron chi connectivity index (χ0n) is 28.0. The van der Waals surface area contributed by atoms with Gasteiger partial charge >= 0.3 is 0 Å². The molecule has 2 aliphatic rings. The van der Waals surface area contributed by atoms with Crippen molar-refractivity contribution >= 4 is 66.8 Å². The number of hydrogen-bond acceptors (Lipinski definition) is 4. The van der Waals surface area contributed by atoms with Crippen LogP contribution in [0.5, 0.6) is 0 Å². The van der Waals surface area contributed by atoms with Gasteiger partial charge in [-0.2, -0.15) is 0 Å².